The number of carbonyl (C=O) groups excluding carboxylic acids is 1. The predicted octanol–water partition coefficient (Wildman–Crippen LogP) is 1.58. The van der Waals surface area contributed by atoms with Gasteiger partial charge in [-0.3, -0.25) is 4.79 Å². The molecule has 1 aromatic rings. The Kier molecular flexibility index (Phi) is 5.11. The molecule has 21 heavy (non-hydrogen) atoms. The van der Waals surface area contributed by atoms with E-state index in [9.17, 15) is 22.0 Å². The number of amides is 1. The summed E-state index contributed by atoms with van der Waals surface area (Å²) in [6.07, 6.45) is 0. The van der Waals surface area contributed by atoms with Gasteiger partial charge in [-0.15, -0.1) is 23.4 Å². The molecule has 1 N–H and O–H groups in total. The van der Waals surface area contributed by atoms with Crippen LogP contribution in [0.4, 0.5) is 8.78 Å². The zero-order valence-electron chi connectivity index (χ0n) is 10.7. The molecule has 0 spiro atoms. The fraction of sp³-hybridized carbons (Fsp3) is 0.417. The Morgan fingerprint density at radius 3 is 2.62 bits per heavy atom. The Bertz CT molecular complexity index is 654. The van der Waals surface area contributed by atoms with Crippen LogP contribution in [0.25, 0.3) is 0 Å². The second-order valence-corrected chi connectivity index (χ2v) is 8.39. The van der Waals surface area contributed by atoms with Crippen molar-refractivity contribution in [1.82, 2.24) is 5.32 Å². The van der Waals surface area contributed by atoms with Crippen molar-refractivity contribution in [2.75, 3.05) is 17.3 Å². The van der Waals surface area contributed by atoms with Crippen molar-refractivity contribution in [3.8, 4) is 0 Å². The second-order valence-electron chi connectivity index (χ2n) is 4.63. The van der Waals surface area contributed by atoms with Crippen LogP contribution in [0, 0.1) is 11.6 Å². The molecule has 2 atom stereocenters. The molecule has 1 heterocycles. The van der Waals surface area contributed by atoms with Gasteiger partial charge in [0.25, 0.3) is 0 Å². The molecule has 0 aromatic heterocycles. The monoisotopic (exact) mass is 355 g/mol. The average Bonchev–Trinajstić information content (AvgIpc) is 2.64. The van der Waals surface area contributed by atoms with E-state index in [1.54, 1.807) is 0 Å². The van der Waals surface area contributed by atoms with Crippen molar-refractivity contribution in [3.63, 3.8) is 0 Å². The lowest BCUT2D eigenvalue weighted by molar-refractivity contribution is -0.119. The molecule has 0 aliphatic carbocycles. The third kappa shape index (κ3) is 4.55. The maximum atomic E-state index is 13.0. The lowest BCUT2D eigenvalue weighted by atomic mass is 10.2. The Balaban J connectivity index is 1.86. The van der Waals surface area contributed by atoms with E-state index in [1.807, 2.05) is 0 Å². The maximum absolute atomic E-state index is 13.0. The second kappa shape index (κ2) is 6.50. The number of rotatable bonds is 4. The zero-order chi connectivity index (χ0) is 15.6. The van der Waals surface area contributed by atoms with E-state index in [0.717, 1.165) is 23.9 Å². The highest BCUT2D eigenvalue weighted by molar-refractivity contribution is 8.00. The van der Waals surface area contributed by atoms with Crippen LogP contribution in [-0.2, 0) is 14.6 Å². The molecule has 1 fully saturated rings. The normalized spacial score (nSPS) is 24.0. The van der Waals surface area contributed by atoms with Crippen LogP contribution >= 0.6 is 23.4 Å². The summed E-state index contributed by atoms with van der Waals surface area (Å²) in [5, 5.41) is 1.90. The Morgan fingerprint density at radius 1 is 1.33 bits per heavy atom. The molecule has 1 amide bonds. The maximum Gasteiger partial charge on any atom is 0.230 e. The summed E-state index contributed by atoms with van der Waals surface area (Å²) in [6.45, 7) is 0. The first-order valence-electron chi connectivity index (χ1n) is 5.98. The van der Waals surface area contributed by atoms with Gasteiger partial charge in [0.05, 0.1) is 28.7 Å². The summed E-state index contributed by atoms with van der Waals surface area (Å²) < 4.78 is 48.5. The predicted molar refractivity (Wildman–Crippen MR) is 77.3 cm³/mol. The summed E-state index contributed by atoms with van der Waals surface area (Å²) in [5.74, 6) is -2.71. The lowest BCUT2D eigenvalue weighted by Crippen LogP contribution is -2.41. The van der Waals surface area contributed by atoms with Crippen molar-refractivity contribution in [1.29, 1.82) is 0 Å². The van der Waals surface area contributed by atoms with E-state index >= 15 is 0 Å². The molecule has 1 saturated heterocycles. The van der Waals surface area contributed by atoms with Crippen LogP contribution in [0.15, 0.2) is 23.1 Å². The smallest absolute Gasteiger partial charge is 0.230 e. The third-order valence-electron chi connectivity index (χ3n) is 2.89. The standard InChI is InChI=1S/C12H12ClF2NO3S2/c13-8-5-21(18,19)6-11(8)16-12(17)4-20-7-1-2-9(14)10(15)3-7/h1-3,8,11H,4-6H2,(H,16,17)/t8-,11-/m1/s1. The van der Waals surface area contributed by atoms with E-state index < -0.39 is 38.8 Å². The molecule has 1 aliphatic rings. The SMILES string of the molecule is O=C(CSc1ccc(F)c(F)c1)N[C@@H]1CS(=O)(=O)C[C@H]1Cl. The van der Waals surface area contributed by atoms with E-state index in [1.165, 1.54) is 6.07 Å². The molecule has 0 unspecified atom stereocenters. The average molecular weight is 356 g/mol. The van der Waals surface area contributed by atoms with E-state index in [0.29, 0.717) is 4.90 Å². The van der Waals surface area contributed by atoms with Gasteiger partial charge in [0.15, 0.2) is 21.5 Å². The van der Waals surface area contributed by atoms with Crippen molar-refractivity contribution >= 4 is 39.1 Å². The molecule has 1 aromatic carbocycles. The number of hydrogen-bond donors (Lipinski definition) is 1. The first-order chi connectivity index (χ1) is 9.77. The lowest BCUT2D eigenvalue weighted by Gasteiger charge is -2.14. The fourth-order valence-corrected chi connectivity index (χ4v) is 5.18. The van der Waals surface area contributed by atoms with Gasteiger partial charge in [-0.2, -0.15) is 0 Å². The number of hydrogen-bond acceptors (Lipinski definition) is 4. The van der Waals surface area contributed by atoms with Crippen molar-refractivity contribution in [2.24, 2.45) is 0 Å². The molecule has 9 heteroatoms. The molecular weight excluding hydrogens is 344 g/mol. The minimum Gasteiger partial charge on any atom is -0.350 e. The molecule has 4 nitrogen and oxygen atoms in total. The number of alkyl halides is 1. The van der Waals surface area contributed by atoms with E-state index in [2.05, 4.69) is 5.32 Å². The number of sulfone groups is 1. The number of nitrogens with one attached hydrogen (secondary N) is 1. The van der Waals surface area contributed by atoms with Crippen molar-refractivity contribution in [3.05, 3.63) is 29.8 Å². The fourth-order valence-electron chi connectivity index (χ4n) is 1.90. The van der Waals surface area contributed by atoms with E-state index in [-0.39, 0.29) is 17.3 Å². The summed E-state index contributed by atoms with van der Waals surface area (Å²) in [6, 6.07) is 2.72. The van der Waals surface area contributed by atoms with Crippen LogP contribution in [0.2, 0.25) is 0 Å². The number of carbonyl (C=O) groups is 1. The zero-order valence-corrected chi connectivity index (χ0v) is 13.1. The molecular formula is C12H12ClF2NO3S2. The van der Waals surface area contributed by atoms with Gasteiger partial charge < -0.3 is 5.32 Å². The molecule has 2 rings (SSSR count). The van der Waals surface area contributed by atoms with Gasteiger partial charge in [0, 0.05) is 4.90 Å². The summed E-state index contributed by atoms with van der Waals surface area (Å²) in [7, 11) is -3.21. The van der Waals surface area contributed by atoms with Crippen LogP contribution in [0.5, 0.6) is 0 Å². The molecule has 0 radical (unpaired) electrons. The Labute approximate surface area is 130 Å². The topological polar surface area (TPSA) is 63.2 Å². The third-order valence-corrected chi connectivity index (χ3v) is 6.26. The first kappa shape index (κ1) is 16.5. The number of benzene rings is 1. The number of halogens is 3. The highest BCUT2D eigenvalue weighted by Crippen LogP contribution is 2.21. The van der Waals surface area contributed by atoms with Crippen molar-refractivity contribution < 1.29 is 22.0 Å². The molecule has 0 bridgehead atoms. The number of thioether (sulfide) groups is 1. The van der Waals surface area contributed by atoms with Crippen molar-refractivity contribution in [2.45, 2.75) is 16.3 Å². The minimum atomic E-state index is -3.21. The van der Waals surface area contributed by atoms with Crippen LogP contribution in [0.1, 0.15) is 0 Å². The summed E-state index contributed by atoms with van der Waals surface area (Å²) in [5.41, 5.74) is 0. The van der Waals surface area contributed by atoms with E-state index in [4.69, 9.17) is 11.6 Å². The first-order valence-corrected chi connectivity index (χ1v) is 9.23. The molecule has 0 saturated carbocycles. The minimum absolute atomic E-state index is 0.0365. The van der Waals surface area contributed by atoms with Gasteiger partial charge >= 0.3 is 0 Å². The Hall–Kier alpha value is -0.860. The summed E-state index contributed by atoms with van der Waals surface area (Å²) in [4.78, 5) is 12.1. The Morgan fingerprint density at radius 2 is 2.05 bits per heavy atom. The van der Waals surface area contributed by atoms with Gasteiger partial charge in [-0.25, -0.2) is 17.2 Å². The largest absolute Gasteiger partial charge is 0.350 e. The highest BCUT2D eigenvalue weighted by Gasteiger charge is 2.37. The quantitative estimate of drug-likeness (QED) is 0.658. The molecule has 1 aliphatic heterocycles. The van der Waals surface area contributed by atoms with Crippen LogP contribution < -0.4 is 5.32 Å². The van der Waals surface area contributed by atoms with Gasteiger partial charge in [0.1, 0.15) is 0 Å². The van der Waals surface area contributed by atoms with Crippen LogP contribution in [-0.4, -0.2) is 43.0 Å². The van der Waals surface area contributed by atoms with Crippen LogP contribution in [0.3, 0.4) is 0 Å². The summed E-state index contributed by atoms with van der Waals surface area (Å²) >= 11 is 6.89. The molecule has 116 valence electrons. The van der Waals surface area contributed by atoms with Gasteiger partial charge in [0.2, 0.25) is 5.91 Å². The highest BCUT2D eigenvalue weighted by atomic mass is 35.5. The van der Waals surface area contributed by atoms with Gasteiger partial charge in [-0.1, -0.05) is 0 Å². The van der Waals surface area contributed by atoms with Gasteiger partial charge in [-0.05, 0) is 18.2 Å².